The van der Waals surface area contributed by atoms with Gasteiger partial charge >= 0.3 is 0 Å². The maximum Gasteiger partial charge on any atom is 0.232 e. The van der Waals surface area contributed by atoms with E-state index in [-0.39, 0.29) is 0 Å². The van der Waals surface area contributed by atoms with E-state index in [2.05, 4.69) is 0 Å². The molecule has 0 fully saturated rings. The molecule has 1 unspecified atom stereocenters. The number of rotatable bonds is 4. The highest BCUT2D eigenvalue weighted by Gasteiger charge is 2.35. The molecule has 0 bridgehead atoms. The second kappa shape index (κ2) is 5.17. The highest BCUT2D eigenvalue weighted by atomic mass is 35.5. The molecular weight excluding hydrogens is 271 g/mol. The molecule has 1 atom stereocenters. The zero-order valence-electron chi connectivity index (χ0n) is 9.82. The van der Waals surface area contributed by atoms with Gasteiger partial charge in [0, 0.05) is 11.4 Å². The van der Waals surface area contributed by atoms with E-state index in [0.717, 1.165) is 5.56 Å². The quantitative estimate of drug-likeness (QED) is 0.787. The van der Waals surface area contributed by atoms with E-state index in [0.29, 0.717) is 17.2 Å². The largest absolute Gasteiger partial charge is 0.469 e. The summed E-state index contributed by atoms with van der Waals surface area (Å²) in [6.45, 7) is 1.79. The van der Waals surface area contributed by atoms with Crippen LogP contribution in [0.15, 0.2) is 47.1 Å². The molecule has 1 aromatic heterocycles. The van der Waals surface area contributed by atoms with Crippen LogP contribution >= 0.6 is 23.2 Å². The fourth-order valence-electron chi connectivity index (χ4n) is 1.88. The summed E-state index contributed by atoms with van der Waals surface area (Å²) >= 11 is 11.7. The molecule has 0 aliphatic heterocycles. The third-order valence-electron chi connectivity index (χ3n) is 3.00. The summed E-state index contributed by atoms with van der Waals surface area (Å²) in [5.74, 6) is 0.714. The summed E-state index contributed by atoms with van der Waals surface area (Å²) in [6.07, 6.45) is 1.98. The maximum atomic E-state index is 11.8. The fraction of sp³-hybridized carbons (Fsp3) is 0.214. The van der Waals surface area contributed by atoms with Crippen molar-refractivity contribution >= 4 is 28.4 Å². The van der Waals surface area contributed by atoms with Gasteiger partial charge < -0.3 is 4.42 Å². The van der Waals surface area contributed by atoms with Crippen LogP contribution in [0.5, 0.6) is 0 Å². The first-order valence-electron chi connectivity index (χ1n) is 5.51. The first-order chi connectivity index (χ1) is 8.52. The Morgan fingerprint density at radius 2 is 2.11 bits per heavy atom. The Hall–Kier alpha value is -1.25. The van der Waals surface area contributed by atoms with Crippen molar-refractivity contribution in [1.29, 1.82) is 0 Å². The van der Waals surface area contributed by atoms with Crippen LogP contribution in [0.4, 0.5) is 0 Å². The Morgan fingerprint density at radius 3 is 2.67 bits per heavy atom. The van der Waals surface area contributed by atoms with Crippen LogP contribution in [0.3, 0.4) is 0 Å². The molecule has 94 valence electrons. The van der Waals surface area contributed by atoms with Gasteiger partial charge in [-0.2, -0.15) is 0 Å². The third-order valence-corrected chi connectivity index (χ3v) is 3.66. The van der Waals surface area contributed by atoms with Crippen molar-refractivity contribution in [2.45, 2.75) is 18.8 Å². The predicted molar refractivity (Wildman–Crippen MR) is 72.1 cm³/mol. The smallest absolute Gasteiger partial charge is 0.232 e. The van der Waals surface area contributed by atoms with Gasteiger partial charge in [-0.05, 0) is 48.4 Å². The highest BCUT2D eigenvalue weighted by Crippen LogP contribution is 2.32. The molecular formula is C14H12Cl2O2. The van der Waals surface area contributed by atoms with Crippen LogP contribution in [-0.4, -0.2) is 5.24 Å². The van der Waals surface area contributed by atoms with Crippen LogP contribution < -0.4 is 0 Å². The van der Waals surface area contributed by atoms with E-state index in [1.54, 1.807) is 37.5 Å². The monoisotopic (exact) mass is 282 g/mol. The van der Waals surface area contributed by atoms with Crippen molar-refractivity contribution in [3.05, 3.63) is 59.0 Å². The Labute approximate surface area is 116 Å². The van der Waals surface area contributed by atoms with Crippen molar-refractivity contribution in [2.24, 2.45) is 0 Å². The second-order valence-electron chi connectivity index (χ2n) is 4.37. The number of carbonyl (C=O) groups is 1. The summed E-state index contributed by atoms with van der Waals surface area (Å²) in [7, 11) is 0. The molecule has 2 nitrogen and oxygen atoms in total. The fourth-order valence-corrected chi connectivity index (χ4v) is 2.24. The molecule has 0 spiro atoms. The Morgan fingerprint density at radius 1 is 1.33 bits per heavy atom. The molecule has 1 aromatic carbocycles. The molecule has 1 heterocycles. The van der Waals surface area contributed by atoms with Crippen LogP contribution in [0, 0.1) is 0 Å². The van der Waals surface area contributed by atoms with Crippen molar-refractivity contribution in [1.82, 2.24) is 0 Å². The standard InChI is InChI=1S/C14H12Cl2O2/c1-14(13(16)17,9-12-6-3-7-18-12)10-4-2-5-11(15)8-10/h2-8H,9H2,1H3. The molecule has 0 saturated carbocycles. The van der Waals surface area contributed by atoms with Gasteiger partial charge in [0.05, 0.1) is 11.7 Å². The van der Waals surface area contributed by atoms with Gasteiger partial charge in [0.1, 0.15) is 5.76 Å². The molecule has 0 aliphatic rings. The molecule has 2 aromatic rings. The molecule has 0 aliphatic carbocycles. The van der Waals surface area contributed by atoms with Crippen LogP contribution in [-0.2, 0) is 16.6 Å². The number of furan rings is 1. The minimum Gasteiger partial charge on any atom is -0.469 e. The number of benzene rings is 1. The van der Waals surface area contributed by atoms with E-state index in [1.165, 1.54) is 0 Å². The zero-order valence-corrected chi connectivity index (χ0v) is 11.3. The third kappa shape index (κ3) is 2.60. The Bertz CT molecular complexity index is 549. The van der Waals surface area contributed by atoms with Gasteiger partial charge in [0.15, 0.2) is 0 Å². The van der Waals surface area contributed by atoms with Crippen molar-refractivity contribution in [3.63, 3.8) is 0 Å². The van der Waals surface area contributed by atoms with Crippen molar-refractivity contribution in [3.8, 4) is 0 Å². The van der Waals surface area contributed by atoms with E-state index >= 15 is 0 Å². The summed E-state index contributed by atoms with van der Waals surface area (Å²) < 4.78 is 5.29. The lowest BCUT2D eigenvalue weighted by molar-refractivity contribution is -0.116. The van der Waals surface area contributed by atoms with E-state index in [4.69, 9.17) is 27.6 Å². The summed E-state index contributed by atoms with van der Waals surface area (Å²) in [5, 5.41) is 0.150. The highest BCUT2D eigenvalue weighted by molar-refractivity contribution is 6.65. The van der Waals surface area contributed by atoms with Crippen LogP contribution in [0.1, 0.15) is 18.2 Å². The van der Waals surface area contributed by atoms with Gasteiger partial charge in [-0.1, -0.05) is 23.7 Å². The number of hydrogen-bond donors (Lipinski definition) is 0. The predicted octanol–water partition coefficient (Wildman–Crippen LogP) is 4.20. The van der Waals surface area contributed by atoms with Crippen molar-refractivity contribution < 1.29 is 9.21 Å². The molecule has 0 N–H and O–H groups in total. The maximum absolute atomic E-state index is 11.8. The average Bonchev–Trinajstić information content (AvgIpc) is 2.81. The van der Waals surface area contributed by atoms with E-state index in [9.17, 15) is 4.79 Å². The first kappa shape index (κ1) is 13.2. The zero-order chi connectivity index (χ0) is 13.2. The summed E-state index contributed by atoms with van der Waals surface area (Å²) in [5.41, 5.74) is -0.0592. The lowest BCUT2D eigenvalue weighted by Gasteiger charge is -2.25. The Balaban J connectivity index is 2.41. The molecule has 0 radical (unpaired) electrons. The lowest BCUT2D eigenvalue weighted by atomic mass is 9.80. The van der Waals surface area contributed by atoms with Crippen LogP contribution in [0.2, 0.25) is 5.02 Å². The summed E-state index contributed by atoms with van der Waals surface area (Å²) in [4.78, 5) is 11.8. The molecule has 4 heteroatoms. The van der Waals surface area contributed by atoms with Gasteiger partial charge in [0.2, 0.25) is 5.24 Å². The molecule has 0 amide bonds. The summed E-state index contributed by atoms with van der Waals surface area (Å²) in [6, 6.07) is 10.8. The van der Waals surface area contributed by atoms with Crippen LogP contribution in [0.25, 0.3) is 0 Å². The first-order valence-corrected chi connectivity index (χ1v) is 6.26. The van der Waals surface area contributed by atoms with Crippen molar-refractivity contribution in [2.75, 3.05) is 0 Å². The normalized spacial score (nSPS) is 14.2. The molecule has 0 saturated heterocycles. The Kier molecular flexibility index (Phi) is 3.79. The topological polar surface area (TPSA) is 30.2 Å². The number of hydrogen-bond acceptors (Lipinski definition) is 2. The minimum atomic E-state index is -0.843. The van der Waals surface area contributed by atoms with Gasteiger partial charge in [-0.25, -0.2) is 0 Å². The van der Waals surface area contributed by atoms with Gasteiger partial charge in [-0.3, -0.25) is 4.79 Å². The molecule has 18 heavy (non-hydrogen) atoms. The van der Waals surface area contributed by atoms with E-state index in [1.807, 2.05) is 12.1 Å². The van der Waals surface area contributed by atoms with E-state index < -0.39 is 10.7 Å². The average molecular weight is 283 g/mol. The second-order valence-corrected chi connectivity index (χ2v) is 5.15. The number of carbonyl (C=O) groups excluding carboxylic acids is 1. The lowest BCUT2D eigenvalue weighted by Crippen LogP contribution is -2.31. The minimum absolute atomic E-state index is 0.405. The molecule has 2 rings (SSSR count). The van der Waals surface area contributed by atoms with Gasteiger partial charge in [-0.15, -0.1) is 0 Å². The van der Waals surface area contributed by atoms with Gasteiger partial charge in [0.25, 0.3) is 0 Å². The number of halogens is 2. The SMILES string of the molecule is CC(Cc1ccco1)(C(=O)Cl)c1cccc(Cl)c1.